The Kier molecular flexibility index (Phi) is 6.18. The Hall–Kier alpha value is -3.45. The lowest BCUT2D eigenvalue weighted by Crippen LogP contribution is -2.14. The first-order valence-electron chi connectivity index (χ1n) is 8.49. The molecule has 3 rings (SSSR count). The maximum absolute atomic E-state index is 12.3. The van der Waals surface area contributed by atoms with Crippen molar-refractivity contribution in [1.82, 2.24) is 9.97 Å². The molecular weight excluding hydrogens is 380 g/mol. The number of halogens is 1. The molecule has 0 saturated heterocycles. The van der Waals surface area contributed by atoms with Crippen LogP contribution in [0.3, 0.4) is 0 Å². The zero-order chi connectivity index (χ0) is 19.9. The Morgan fingerprint density at radius 1 is 1.04 bits per heavy atom. The van der Waals surface area contributed by atoms with Gasteiger partial charge in [-0.3, -0.25) is 4.79 Å². The number of benzene rings is 2. The number of anilines is 3. The Morgan fingerprint density at radius 3 is 2.43 bits per heavy atom. The largest absolute Gasteiger partial charge is 0.462 e. The molecule has 1 heterocycles. The summed E-state index contributed by atoms with van der Waals surface area (Å²) in [7, 11) is 0. The quantitative estimate of drug-likeness (QED) is 0.603. The number of para-hydroxylation sites is 1. The van der Waals surface area contributed by atoms with E-state index in [1.807, 2.05) is 0 Å². The summed E-state index contributed by atoms with van der Waals surface area (Å²) in [5.41, 5.74) is 1.84. The van der Waals surface area contributed by atoms with E-state index in [0.29, 0.717) is 28.7 Å². The van der Waals surface area contributed by atoms with Crippen molar-refractivity contribution in [2.45, 2.75) is 6.92 Å². The average molecular weight is 397 g/mol. The van der Waals surface area contributed by atoms with Crippen molar-refractivity contribution < 1.29 is 14.3 Å². The van der Waals surface area contributed by atoms with Gasteiger partial charge in [-0.2, -0.15) is 0 Å². The van der Waals surface area contributed by atoms with Crippen molar-refractivity contribution in [3.05, 3.63) is 77.2 Å². The van der Waals surface area contributed by atoms with Crippen molar-refractivity contribution in [2.24, 2.45) is 0 Å². The predicted molar refractivity (Wildman–Crippen MR) is 107 cm³/mol. The molecule has 0 spiro atoms. The molecule has 0 aliphatic carbocycles. The topological polar surface area (TPSA) is 93.2 Å². The van der Waals surface area contributed by atoms with E-state index < -0.39 is 5.91 Å². The Labute approximate surface area is 166 Å². The number of nitrogens with zero attached hydrogens (tertiary/aromatic N) is 2. The van der Waals surface area contributed by atoms with E-state index >= 15 is 0 Å². The second-order valence-corrected chi connectivity index (χ2v) is 6.05. The lowest BCUT2D eigenvalue weighted by Gasteiger charge is -2.08. The molecule has 1 amide bonds. The van der Waals surface area contributed by atoms with E-state index in [0.717, 1.165) is 5.69 Å². The molecule has 0 fully saturated rings. The minimum atomic E-state index is -0.411. The van der Waals surface area contributed by atoms with Crippen LogP contribution in [0.2, 0.25) is 5.02 Å². The first-order chi connectivity index (χ1) is 13.6. The molecule has 28 heavy (non-hydrogen) atoms. The zero-order valence-corrected chi connectivity index (χ0v) is 15.7. The van der Waals surface area contributed by atoms with Gasteiger partial charge >= 0.3 is 5.97 Å². The molecule has 0 saturated carbocycles. The van der Waals surface area contributed by atoms with Crippen LogP contribution in [-0.4, -0.2) is 28.5 Å². The van der Waals surface area contributed by atoms with Gasteiger partial charge in [0.2, 0.25) is 0 Å². The van der Waals surface area contributed by atoms with Gasteiger partial charge in [-0.15, -0.1) is 0 Å². The second-order valence-electron chi connectivity index (χ2n) is 5.64. The Balaban J connectivity index is 1.63. The van der Waals surface area contributed by atoms with Crippen LogP contribution in [0.1, 0.15) is 27.8 Å². The molecule has 3 aromatic rings. The van der Waals surface area contributed by atoms with Gasteiger partial charge in [0.15, 0.2) is 0 Å². The van der Waals surface area contributed by atoms with Crippen LogP contribution < -0.4 is 10.6 Å². The fraction of sp³-hybridized carbons (Fsp3) is 0.100. The van der Waals surface area contributed by atoms with Crippen LogP contribution >= 0.6 is 11.6 Å². The monoisotopic (exact) mass is 396 g/mol. The minimum Gasteiger partial charge on any atom is -0.462 e. The zero-order valence-electron chi connectivity index (χ0n) is 15.0. The van der Waals surface area contributed by atoms with Gasteiger partial charge < -0.3 is 15.4 Å². The van der Waals surface area contributed by atoms with Gasteiger partial charge in [0, 0.05) is 5.69 Å². The van der Waals surface area contributed by atoms with Crippen LogP contribution in [-0.2, 0) is 4.74 Å². The van der Waals surface area contributed by atoms with Crippen molar-refractivity contribution in [3.63, 3.8) is 0 Å². The first kappa shape index (κ1) is 19.3. The van der Waals surface area contributed by atoms with Crippen LogP contribution in [0.4, 0.5) is 17.2 Å². The van der Waals surface area contributed by atoms with Gasteiger partial charge in [-0.05, 0) is 43.3 Å². The Bertz CT molecular complexity index is 976. The molecule has 0 atom stereocenters. The highest BCUT2D eigenvalue weighted by molar-refractivity contribution is 6.33. The predicted octanol–water partition coefficient (Wildman–Crippen LogP) is 4.30. The molecule has 0 aliphatic heterocycles. The van der Waals surface area contributed by atoms with E-state index in [1.165, 1.54) is 12.4 Å². The summed E-state index contributed by atoms with van der Waals surface area (Å²) < 4.78 is 4.94. The van der Waals surface area contributed by atoms with Crippen molar-refractivity contribution in [2.75, 3.05) is 17.2 Å². The Morgan fingerprint density at radius 2 is 1.79 bits per heavy atom. The number of carbonyl (C=O) groups is 2. The van der Waals surface area contributed by atoms with Crippen LogP contribution in [0.5, 0.6) is 0 Å². The van der Waals surface area contributed by atoms with Crippen LogP contribution in [0, 0.1) is 0 Å². The third kappa shape index (κ3) is 4.83. The third-order valence-electron chi connectivity index (χ3n) is 3.67. The summed E-state index contributed by atoms with van der Waals surface area (Å²) in [5.74, 6) is -0.327. The number of nitrogens with one attached hydrogen (secondary N) is 2. The van der Waals surface area contributed by atoms with Gasteiger partial charge in [-0.25, -0.2) is 14.8 Å². The lowest BCUT2D eigenvalue weighted by molar-refractivity contribution is 0.0526. The van der Waals surface area contributed by atoms with Gasteiger partial charge in [0.05, 0.1) is 35.3 Å². The summed E-state index contributed by atoms with van der Waals surface area (Å²) >= 11 is 6.03. The molecule has 0 aliphatic rings. The maximum Gasteiger partial charge on any atom is 0.338 e. The highest BCUT2D eigenvalue weighted by Crippen LogP contribution is 2.21. The number of aromatic nitrogens is 2. The van der Waals surface area contributed by atoms with Crippen LogP contribution in [0.25, 0.3) is 0 Å². The van der Waals surface area contributed by atoms with Gasteiger partial charge in [-0.1, -0.05) is 23.7 Å². The van der Waals surface area contributed by atoms with Crippen LogP contribution in [0.15, 0.2) is 60.9 Å². The number of carbonyl (C=O) groups excluding carboxylic acids is 2. The summed E-state index contributed by atoms with van der Waals surface area (Å²) in [6.45, 7) is 2.08. The smallest absolute Gasteiger partial charge is 0.338 e. The molecule has 1 aromatic heterocycles. The number of esters is 1. The molecule has 0 radical (unpaired) electrons. The van der Waals surface area contributed by atoms with E-state index in [-0.39, 0.29) is 11.7 Å². The van der Waals surface area contributed by atoms with E-state index in [1.54, 1.807) is 55.5 Å². The summed E-state index contributed by atoms with van der Waals surface area (Å²) in [5, 5.41) is 6.17. The summed E-state index contributed by atoms with van der Waals surface area (Å²) in [6, 6.07) is 13.7. The SMILES string of the molecule is CCOC(=O)c1ccc(Nc2cnc(C(=O)Nc3ccccc3Cl)cn2)cc1. The number of hydrogen-bond acceptors (Lipinski definition) is 6. The van der Waals surface area contributed by atoms with Gasteiger partial charge in [0.1, 0.15) is 11.5 Å². The van der Waals surface area contributed by atoms with E-state index in [4.69, 9.17) is 16.3 Å². The molecule has 7 nitrogen and oxygen atoms in total. The summed E-state index contributed by atoms with van der Waals surface area (Å²) in [6.07, 6.45) is 2.81. The molecule has 142 valence electrons. The molecule has 2 aromatic carbocycles. The first-order valence-corrected chi connectivity index (χ1v) is 8.86. The summed E-state index contributed by atoms with van der Waals surface area (Å²) in [4.78, 5) is 32.2. The number of ether oxygens (including phenoxy) is 1. The fourth-order valence-corrected chi connectivity index (χ4v) is 2.49. The molecular formula is C20H17ClN4O3. The van der Waals surface area contributed by atoms with E-state index in [9.17, 15) is 9.59 Å². The average Bonchev–Trinajstić information content (AvgIpc) is 2.71. The highest BCUT2D eigenvalue weighted by Gasteiger charge is 2.11. The maximum atomic E-state index is 12.3. The normalized spacial score (nSPS) is 10.2. The van der Waals surface area contributed by atoms with Crippen molar-refractivity contribution >= 4 is 40.7 Å². The minimum absolute atomic E-state index is 0.156. The standard InChI is InChI=1S/C20H17ClN4O3/c1-2-28-20(27)13-7-9-14(10-8-13)24-18-12-22-17(11-23-18)19(26)25-16-6-4-3-5-15(16)21/h3-12H,2H2,1H3,(H,23,24)(H,25,26). The van der Waals surface area contributed by atoms with Gasteiger partial charge in [0.25, 0.3) is 5.91 Å². The van der Waals surface area contributed by atoms with Crippen molar-refractivity contribution in [1.29, 1.82) is 0 Å². The van der Waals surface area contributed by atoms with Crippen molar-refractivity contribution in [3.8, 4) is 0 Å². The molecule has 0 bridgehead atoms. The molecule has 0 unspecified atom stereocenters. The molecule has 8 heteroatoms. The highest BCUT2D eigenvalue weighted by atomic mass is 35.5. The number of amides is 1. The van der Waals surface area contributed by atoms with E-state index in [2.05, 4.69) is 20.6 Å². The second kappa shape index (κ2) is 8.96. The lowest BCUT2D eigenvalue weighted by atomic mass is 10.2. The number of rotatable bonds is 6. The number of hydrogen-bond donors (Lipinski definition) is 2. The third-order valence-corrected chi connectivity index (χ3v) is 4.00. The fourth-order valence-electron chi connectivity index (χ4n) is 2.31. The molecule has 2 N–H and O–H groups in total.